The summed E-state index contributed by atoms with van der Waals surface area (Å²) in [5.41, 5.74) is 1.10. The highest BCUT2D eigenvalue weighted by atomic mass is 32.2. The van der Waals surface area contributed by atoms with Gasteiger partial charge in [-0.25, -0.2) is 4.39 Å². The van der Waals surface area contributed by atoms with E-state index < -0.39 is 10.8 Å². The van der Waals surface area contributed by atoms with E-state index in [9.17, 15) is 8.60 Å². The smallest absolute Gasteiger partial charge is 0.123 e. The molecule has 1 aliphatic rings. The van der Waals surface area contributed by atoms with Crippen LogP contribution in [-0.4, -0.2) is 28.3 Å². The van der Waals surface area contributed by atoms with Crippen LogP contribution in [-0.2, 0) is 10.8 Å². The van der Waals surface area contributed by atoms with Crippen LogP contribution in [0, 0.1) is 5.82 Å². The first kappa shape index (κ1) is 13.7. The van der Waals surface area contributed by atoms with Gasteiger partial charge < -0.3 is 5.32 Å². The summed E-state index contributed by atoms with van der Waals surface area (Å²) in [6, 6.07) is 7.39. The van der Waals surface area contributed by atoms with Crippen LogP contribution < -0.4 is 5.32 Å². The molecular weight excluding hydrogens is 249 g/mol. The third kappa shape index (κ3) is 3.62. The number of benzene rings is 1. The molecule has 1 aliphatic carbocycles. The lowest BCUT2D eigenvalue weighted by Crippen LogP contribution is -2.41. The van der Waals surface area contributed by atoms with E-state index >= 15 is 0 Å². The molecule has 2 rings (SSSR count). The molecule has 0 aromatic heterocycles. The Morgan fingerprint density at radius 3 is 2.89 bits per heavy atom. The molecule has 100 valence electrons. The normalized spacial score (nSPS) is 24.6. The van der Waals surface area contributed by atoms with Crippen molar-refractivity contribution in [1.82, 2.24) is 5.32 Å². The lowest BCUT2D eigenvalue weighted by atomic mass is 9.76. The number of nitrogens with one attached hydrogen (secondary N) is 1. The van der Waals surface area contributed by atoms with Crippen LogP contribution in [0.3, 0.4) is 0 Å². The van der Waals surface area contributed by atoms with Crippen molar-refractivity contribution in [2.45, 2.75) is 31.7 Å². The molecule has 2 nitrogen and oxygen atoms in total. The van der Waals surface area contributed by atoms with Gasteiger partial charge in [-0.05, 0) is 36.5 Å². The monoisotopic (exact) mass is 269 g/mol. The summed E-state index contributed by atoms with van der Waals surface area (Å²) in [7, 11) is -0.681. The molecule has 1 aromatic carbocycles. The Morgan fingerprint density at radius 1 is 1.44 bits per heavy atom. The maximum absolute atomic E-state index is 13.1. The van der Waals surface area contributed by atoms with E-state index in [1.165, 1.54) is 6.07 Å². The van der Waals surface area contributed by atoms with Gasteiger partial charge >= 0.3 is 0 Å². The zero-order chi connectivity index (χ0) is 13.0. The molecule has 1 atom stereocenters. The average molecular weight is 269 g/mol. The second-order valence-corrected chi connectivity index (χ2v) is 6.67. The maximum Gasteiger partial charge on any atom is 0.123 e. The molecule has 0 amide bonds. The summed E-state index contributed by atoms with van der Waals surface area (Å²) in [5.74, 6) is 1.80. The second kappa shape index (κ2) is 6.43. The van der Waals surface area contributed by atoms with Gasteiger partial charge in [0.05, 0.1) is 0 Å². The van der Waals surface area contributed by atoms with Crippen molar-refractivity contribution < 1.29 is 8.60 Å². The Balaban J connectivity index is 1.69. The molecule has 0 spiro atoms. The average Bonchev–Trinajstić information content (AvgIpc) is 2.31. The van der Waals surface area contributed by atoms with Crippen LogP contribution in [0.25, 0.3) is 0 Å². The first-order chi connectivity index (χ1) is 8.69. The van der Waals surface area contributed by atoms with E-state index in [1.807, 2.05) is 13.0 Å². The van der Waals surface area contributed by atoms with Crippen LogP contribution in [0.1, 0.15) is 31.2 Å². The number of hydrogen-bond donors (Lipinski definition) is 1. The minimum Gasteiger partial charge on any atom is -0.313 e. The zero-order valence-corrected chi connectivity index (χ0v) is 11.5. The van der Waals surface area contributed by atoms with Gasteiger partial charge in [0.25, 0.3) is 0 Å². The van der Waals surface area contributed by atoms with Crippen LogP contribution >= 0.6 is 0 Å². The minimum absolute atomic E-state index is 0.151. The fourth-order valence-electron chi connectivity index (χ4n) is 2.34. The lowest BCUT2D eigenvalue weighted by Gasteiger charge is -2.36. The van der Waals surface area contributed by atoms with E-state index in [1.54, 1.807) is 12.1 Å². The van der Waals surface area contributed by atoms with Crippen molar-refractivity contribution in [3.63, 3.8) is 0 Å². The Kier molecular flexibility index (Phi) is 4.89. The highest BCUT2D eigenvalue weighted by Gasteiger charge is 2.29. The lowest BCUT2D eigenvalue weighted by molar-refractivity contribution is 0.296. The molecule has 0 saturated heterocycles. The molecule has 1 fully saturated rings. The fraction of sp³-hybridized carbons (Fsp3) is 0.571. The van der Waals surface area contributed by atoms with Gasteiger partial charge in [-0.2, -0.15) is 0 Å². The molecule has 18 heavy (non-hydrogen) atoms. The van der Waals surface area contributed by atoms with E-state index in [2.05, 4.69) is 5.32 Å². The van der Waals surface area contributed by atoms with Gasteiger partial charge in [-0.15, -0.1) is 0 Å². The SMILES string of the molecule is CCS(=O)CCNC1CC(c2cccc(F)c2)C1. The third-order valence-corrected chi connectivity index (χ3v) is 4.85. The molecule has 1 saturated carbocycles. The molecule has 1 N–H and O–H groups in total. The maximum atomic E-state index is 13.1. The molecule has 0 heterocycles. The van der Waals surface area contributed by atoms with Crippen molar-refractivity contribution in [2.75, 3.05) is 18.1 Å². The molecule has 0 aliphatic heterocycles. The van der Waals surface area contributed by atoms with Crippen molar-refractivity contribution in [3.8, 4) is 0 Å². The van der Waals surface area contributed by atoms with Gasteiger partial charge in [-0.3, -0.25) is 4.21 Å². The largest absolute Gasteiger partial charge is 0.313 e. The van der Waals surface area contributed by atoms with E-state index in [0.29, 0.717) is 12.0 Å². The zero-order valence-electron chi connectivity index (χ0n) is 10.7. The Labute approximate surface area is 110 Å². The molecule has 1 aromatic rings. The van der Waals surface area contributed by atoms with Gasteiger partial charge in [0.1, 0.15) is 5.82 Å². The standard InChI is InChI=1S/C14H20FNOS/c1-2-18(17)7-6-16-14-9-12(10-14)11-4-3-5-13(15)8-11/h3-5,8,12,14,16H,2,6-7,9-10H2,1H3. The Morgan fingerprint density at radius 2 is 2.22 bits per heavy atom. The first-order valence-corrected chi connectivity index (χ1v) is 8.01. The topological polar surface area (TPSA) is 29.1 Å². The summed E-state index contributed by atoms with van der Waals surface area (Å²) in [4.78, 5) is 0. The van der Waals surface area contributed by atoms with E-state index in [-0.39, 0.29) is 5.82 Å². The van der Waals surface area contributed by atoms with Gasteiger partial charge in [0.2, 0.25) is 0 Å². The van der Waals surface area contributed by atoms with Gasteiger partial charge in [0, 0.05) is 34.9 Å². The van der Waals surface area contributed by atoms with Crippen molar-refractivity contribution >= 4 is 10.8 Å². The van der Waals surface area contributed by atoms with Crippen molar-refractivity contribution in [3.05, 3.63) is 35.6 Å². The molecule has 0 radical (unpaired) electrons. The van der Waals surface area contributed by atoms with Crippen LogP contribution in [0.5, 0.6) is 0 Å². The predicted octanol–water partition coefficient (Wildman–Crippen LogP) is 2.43. The Bertz CT molecular complexity index is 418. The highest BCUT2D eigenvalue weighted by molar-refractivity contribution is 7.84. The van der Waals surface area contributed by atoms with Gasteiger partial charge in [-0.1, -0.05) is 19.1 Å². The Hall–Kier alpha value is -0.740. The van der Waals surface area contributed by atoms with Crippen molar-refractivity contribution in [2.24, 2.45) is 0 Å². The molecule has 4 heteroatoms. The minimum atomic E-state index is -0.681. The summed E-state index contributed by atoms with van der Waals surface area (Å²) in [6.07, 6.45) is 2.12. The molecule has 0 bridgehead atoms. The summed E-state index contributed by atoms with van der Waals surface area (Å²) < 4.78 is 24.3. The number of hydrogen-bond acceptors (Lipinski definition) is 2. The molecule has 1 unspecified atom stereocenters. The number of halogens is 1. The van der Waals surface area contributed by atoms with Crippen LogP contribution in [0.15, 0.2) is 24.3 Å². The third-order valence-electron chi connectivity index (χ3n) is 3.54. The van der Waals surface area contributed by atoms with Crippen LogP contribution in [0.2, 0.25) is 0 Å². The van der Waals surface area contributed by atoms with E-state index in [4.69, 9.17) is 0 Å². The predicted molar refractivity (Wildman–Crippen MR) is 73.7 cm³/mol. The fourth-order valence-corrected chi connectivity index (χ4v) is 2.97. The molecular formula is C14H20FNOS. The first-order valence-electron chi connectivity index (χ1n) is 6.53. The summed E-state index contributed by atoms with van der Waals surface area (Å²) >= 11 is 0. The van der Waals surface area contributed by atoms with Crippen molar-refractivity contribution in [1.29, 1.82) is 0 Å². The van der Waals surface area contributed by atoms with E-state index in [0.717, 1.165) is 36.5 Å². The summed E-state index contributed by atoms with van der Waals surface area (Å²) in [6.45, 7) is 2.76. The van der Waals surface area contributed by atoms with Gasteiger partial charge in [0.15, 0.2) is 0 Å². The number of rotatable bonds is 6. The highest BCUT2D eigenvalue weighted by Crippen LogP contribution is 2.36. The summed E-state index contributed by atoms with van der Waals surface area (Å²) in [5, 5.41) is 3.41. The van der Waals surface area contributed by atoms with Crippen LogP contribution in [0.4, 0.5) is 4.39 Å². The quantitative estimate of drug-likeness (QED) is 0.859. The second-order valence-electron chi connectivity index (χ2n) is 4.81.